The Bertz CT molecular complexity index is 621. The van der Waals surface area contributed by atoms with Crippen molar-refractivity contribution in [1.29, 1.82) is 0 Å². The molecule has 0 radical (unpaired) electrons. The first kappa shape index (κ1) is 17.7. The molecule has 7 nitrogen and oxygen atoms in total. The smallest absolute Gasteiger partial charge is 0.407 e. The van der Waals surface area contributed by atoms with Gasteiger partial charge in [0.2, 0.25) is 0 Å². The molecule has 1 amide bonds. The summed E-state index contributed by atoms with van der Waals surface area (Å²) < 4.78 is 10.0. The normalized spacial score (nSPS) is 14.8. The van der Waals surface area contributed by atoms with Crippen LogP contribution in [0.25, 0.3) is 6.08 Å². The molecule has 1 N–H and O–H groups in total. The van der Waals surface area contributed by atoms with Crippen LogP contribution in [0.1, 0.15) is 22.8 Å². The van der Waals surface area contributed by atoms with Gasteiger partial charge in [-0.05, 0) is 36.8 Å². The van der Waals surface area contributed by atoms with Crippen molar-refractivity contribution in [3.05, 3.63) is 35.6 Å². The lowest BCUT2D eigenvalue weighted by Gasteiger charge is -2.34. The Morgan fingerprint density at radius 1 is 1.25 bits per heavy atom. The van der Waals surface area contributed by atoms with Crippen LogP contribution in [0.15, 0.2) is 24.5 Å². The summed E-state index contributed by atoms with van der Waals surface area (Å²) >= 11 is 0. The molecule has 0 spiro atoms. The van der Waals surface area contributed by atoms with Crippen LogP contribution in [0.2, 0.25) is 0 Å². The van der Waals surface area contributed by atoms with Crippen LogP contribution in [0, 0.1) is 0 Å². The van der Waals surface area contributed by atoms with Gasteiger partial charge in [0.15, 0.2) is 0 Å². The molecule has 1 aromatic rings. The molecule has 1 aromatic carbocycles. The number of carbonyl (C=O) groups excluding carboxylic acids is 1. The number of carbonyl (C=O) groups is 2. The van der Waals surface area contributed by atoms with Crippen molar-refractivity contribution < 1.29 is 24.2 Å². The van der Waals surface area contributed by atoms with Crippen molar-refractivity contribution in [1.82, 2.24) is 4.90 Å². The first-order valence-electron chi connectivity index (χ1n) is 7.80. The van der Waals surface area contributed by atoms with E-state index in [1.807, 2.05) is 19.1 Å². The Labute approximate surface area is 141 Å². The van der Waals surface area contributed by atoms with E-state index in [9.17, 15) is 9.59 Å². The van der Waals surface area contributed by atoms with Crippen LogP contribution in [-0.4, -0.2) is 62.0 Å². The van der Waals surface area contributed by atoms with E-state index >= 15 is 0 Å². The van der Waals surface area contributed by atoms with Crippen LogP contribution >= 0.6 is 0 Å². The SMILES string of the molecule is CCOC=Cc1cc(N2CCN(C(=O)O)CC2)ccc1C(=O)OC. The Hall–Kier alpha value is -2.70. The Balaban J connectivity index is 2.21. The van der Waals surface area contributed by atoms with Crippen LogP contribution < -0.4 is 4.90 Å². The zero-order chi connectivity index (χ0) is 17.5. The van der Waals surface area contributed by atoms with E-state index in [1.165, 1.54) is 12.0 Å². The van der Waals surface area contributed by atoms with Gasteiger partial charge in [-0.15, -0.1) is 0 Å². The van der Waals surface area contributed by atoms with Gasteiger partial charge in [0, 0.05) is 31.9 Å². The monoisotopic (exact) mass is 334 g/mol. The molecule has 7 heteroatoms. The second-order valence-electron chi connectivity index (χ2n) is 5.28. The topological polar surface area (TPSA) is 79.3 Å². The number of ether oxygens (including phenoxy) is 2. The summed E-state index contributed by atoms with van der Waals surface area (Å²) in [6.07, 6.45) is 2.39. The molecule has 0 aromatic heterocycles. The van der Waals surface area contributed by atoms with Crippen molar-refractivity contribution in [2.45, 2.75) is 6.92 Å². The Morgan fingerprint density at radius 2 is 1.96 bits per heavy atom. The second kappa shape index (κ2) is 8.24. The molecule has 0 unspecified atom stereocenters. The number of anilines is 1. The second-order valence-corrected chi connectivity index (χ2v) is 5.28. The van der Waals surface area contributed by atoms with Gasteiger partial charge in [0.1, 0.15) is 0 Å². The minimum atomic E-state index is -0.893. The molecular weight excluding hydrogens is 312 g/mol. The molecule has 2 rings (SSSR count). The number of carboxylic acid groups (broad SMARTS) is 1. The summed E-state index contributed by atoms with van der Waals surface area (Å²) in [5, 5.41) is 9.02. The number of piperazine rings is 1. The van der Waals surface area contributed by atoms with E-state index in [2.05, 4.69) is 4.90 Å². The average molecular weight is 334 g/mol. The lowest BCUT2D eigenvalue weighted by molar-refractivity contribution is 0.0600. The van der Waals surface area contributed by atoms with Crippen LogP contribution in [0.4, 0.5) is 10.5 Å². The van der Waals surface area contributed by atoms with Gasteiger partial charge in [-0.2, -0.15) is 0 Å². The summed E-state index contributed by atoms with van der Waals surface area (Å²) in [4.78, 5) is 26.4. The van der Waals surface area contributed by atoms with Crippen LogP contribution in [-0.2, 0) is 9.47 Å². The largest absolute Gasteiger partial charge is 0.501 e. The van der Waals surface area contributed by atoms with E-state index in [4.69, 9.17) is 14.6 Å². The molecule has 0 saturated carbocycles. The number of nitrogens with zero attached hydrogens (tertiary/aromatic N) is 2. The molecule has 0 aliphatic carbocycles. The number of amides is 1. The van der Waals surface area contributed by atoms with E-state index in [1.54, 1.807) is 18.4 Å². The van der Waals surface area contributed by atoms with E-state index in [0.717, 1.165) is 5.69 Å². The van der Waals surface area contributed by atoms with Gasteiger partial charge in [0.05, 0.1) is 25.5 Å². The highest BCUT2D eigenvalue weighted by atomic mass is 16.5. The first-order chi connectivity index (χ1) is 11.6. The maximum absolute atomic E-state index is 11.9. The lowest BCUT2D eigenvalue weighted by atomic mass is 10.1. The summed E-state index contributed by atoms with van der Waals surface area (Å²) in [5.41, 5.74) is 2.10. The fraction of sp³-hybridized carbons (Fsp3) is 0.412. The zero-order valence-electron chi connectivity index (χ0n) is 13.9. The minimum absolute atomic E-state index is 0.409. The highest BCUT2D eigenvalue weighted by molar-refractivity contribution is 5.94. The summed E-state index contributed by atoms with van der Waals surface area (Å²) in [6.45, 7) is 4.55. The standard InChI is InChI=1S/C17H22N2O5/c1-3-24-11-6-13-12-14(4-5-15(13)16(20)23-2)18-7-9-19(10-8-18)17(21)22/h4-6,11-12H,3,7-10H2,1-2H3,(H,21,22). The maximum atomic E-state index is 11.9. The molecule has 1 saturated heterocycles. The fourth-order valence-corrected chi connectivity index (χ4v) is 2.55. The molecule has 1 heterocycles. The molecule has 0 atom stereocenters. The highest BCUT2D eigenvalue weighted by Gasteiger charge is 2.21. The zero-order valence-corrected chi connectivity index (χ0v) is 13.9. The summed E-state index contributed by atoms with van der Waals surface area (Å²) in [5.74, 6) is -0.409. The molecule has 24 heavy (non-hydrogen) atoms. The molecule has 0 bridgehead atoms. The van der Waals surface area contributed by atoms with E-state index in [-0.39, 0.29) is 0 Å². The quantitative estimate of drug-likeness (QED) is 0.657. The van der Waals surface area contributed by atoms with Crippen LogP contribution in [0.3, 0.4) is 0 Å². The third kappa shape index (κ3) is 4.18. The van der Waals surface area contributed by atoms with Crippen molar-refractivity contribution in [2.24, 2.45) is 0 Å². The molecule has 130 valence electrons. The number of hydrogen-bond acceptors (Lipinski definition) is 5. The molecule has 1 fully saturated rings. The third-order valence-electron chi connectivity index (χ3n) is 3.87. The summed E-state index contributed by atoms with van der Waals surface area (Å²) in [6, 6.07) is 5.45. The van der Waals surface area contributed by atoms with Crippen molar-refractivity contribution in [2.75, 3.05) is 44.8 Å². The van der Waals surface area contributed by atoms with Crippen molar-refractivity contribution in [3.8, 4) is 0 Å². The average Bonchev–Trinajstić information content (AvgIpc) is 2.61. The summed E-state index contributed by atoms with van der Waals surface area (Å²) in [7, 11) is 1.34. The fourth-order valence-electron chi connectivity index (χ4n) is 2.55. The van der Waals surface area contributed by atoms with Crippen LogP contribution in [0.5, 0.6) is 0 Å². The minimum Gasteiger partial charge on any atom is -0.501 e. The van der Waals surface area contributed by atoms with E-state index in [0.29, 0.717) is 43.9 Å². The van der Waals surface area contributed by atoms with Gasteiger partial charge >= 0.3 is 12.1 Å². The third-order valence-corrected chi connectivity index (χ3v) is 3.87. The van der Waals surface area contributed by atoms with Crippen molar-refractivity contribution in [3.63, 3.8) is 0 Å². The first-order valence-corrected chi connectivity index (χ1v) is 7.80. The predicted molar refractivity (Wildman–Crippen MR) is 90.3 cm³/mol. The van der Waals surface area contributed by atoms with Gasteiger partial charge in [0.25, 0.3) is 0 Å². The lowest BCUT2D eigenvalue weighted by Crippen LogP contribution is -2.48. The van der Waals surface area contributed by atoms with Gasteiger partial charge in [-0.25, -0.2) is 9.59 Å². The van der Waals surface area contributed by atoms with Gasteiger partial charge in [-0.1, -0.05) is 0 Å². The number of hydrogen-bond donors (Lipinski definition) is 1. The van der Waals surface area contributed by atoms with Gasteiger partial charge < -0.3 is 24.4 Å². The number of rotatable bonds is 5. The Morgan fingerprint density at radius 3 is 2.54 bits per heavy atom. The number of methoxy groups -OCH3 is 1. The predicted octanol–water partition coefficient (Wildman–Crippen LogP) is 2.28. The number of esters is 1. The van der Waals surface area contributed by atoms with Gasteiger partial charge in [-0.3, -0.25) is 0 Å². The molecule has 1 aliphatic heterocycles. The highest BCUT2D eigenvalue weighted by Crippen LogP contribution is 2.23. The maximum Gasteiger partial charge on any atom is 0.407 e. The molecule has 1 aliphatic rings. The molecular formula is C17H22N2O5. The van der Waals surface area contributed by atoms with Crippen molar-refractivity contribution >= 4 is 23.8 Å². The Kier molecular flexibility index (Phi) is 6.06. The van der Waals surface area contributed by atoms with E-state index < -0.39 is 12.1 Å². The number of benzene rings is 1.